The van der Waals surface area contributed by atoms with E-state index in [2.05, 4.69) is 20.9 Å². The Hall–Kier alpha value is -2.47. The highest BCUT2D eigenvalue weighted by Crippen LogP contribution is 2.37. The third-order valence-electron chi connectivity index (χ3n) is 3.94. The lowest BCUT2D eigenvalue weighted by molar-refractivity contribution is -0.144. The molecule has 1 aromatic heterocycles. The van der Waals surface area contributed by atoms with Gasteiger partial charge < -0.3 is 19.2 Å². The number of esters is 1. The first-order valence-electron chi connectivity index (χ1n) is 7.49. The van der Waals surface area contributed by atoms with Crippen LogP contribution in [0.2, 0.25) is 0 Å². The highest BCUT2D eigenvalue weighted by atomic mass is 79.9. The first kappa shape index (κ1) is 15.1. The SMILES string of the molecule is O=C(Cc1c[nH]c2ccccc12)OCc1cc2c(cc1Br)OCO2. The van der Waals surface area contributed by atoms with E-state index in [0.29, 0.717) is 11.5 Å². The van der Waals surface area contributed by atoms with Gasteiger partial charge in [-0.05, 0) is 23.8 Å². The molecule has 0 unspecified atom stereocenters. The normalized spacial score (nSPS) is 12.5. The predicted molar refractivity (Wildman–Crippen MR) is 92.1 cm³/mol. The van der Waals surface area contributed by atoms with Gasteiger partial charge in [0.15, 0.2) is 11.5 Å². The molecule has 24 heavy (non-hydrogen) atoms. The number of hydrogen-bond donors (Lipinski definition) is 1. The third kappa shape index (κ3) is 2.85. The molecule has 2 heterocycles. The molecule has 0 aliphatic carbocycles. The molecule has 3 aromatic rings. The summed E-state index contributed by atoms with van der Waals surface area (Å²) in [7, 11) is 0. The highest BCUT2D eigenvalue weighted by Gasteiger charge is 2.17. The number of carbonyl (C=O) groups is 1. The average molecular weight is 388 g/mol. The zero-order valence-electron chi connectivity index (χ0n) is 12.7. The van der Waals surface area contributed by atoms with Crippen molar-refractivity contribution >= 4 is 32.8 Å². The number of para-hydroxylation sites is 1. The standard InChI is InChI=1S/C18H14BrNO4/c19-14-7-17-16(23-10-24-17)5-12(14)9-22-18(21)6-11-8-20-15-4-2-1-3-13(11)15/h1-5,7-8,20H,6,9-10H2. The van der Waals surface area contributed by atoms with E-state index in [-0.39, 0.29) is 25.8 Å². The molecule has 0 saturated carbocycles. The number of H-pyrrole nitrogens is 1. The predicted octanol–water partition coefficient (Wildman–Crippen LogP) is 3.95. The lowest BCUT2D eigenvalue weighted by atomic mass is 10.1. The quantitative estimate of drug-likeness (QED) is 0.688. The van der Waals surface area contributed by atoms with E-state index in [1.165, 1.54) is 0 Å². The summed E-state index contributed by atoms with van der Waals surface area (Å²) < 4.78 is 16.9. The summed E-state index contributed by atoms with van der Waals surface area (Å²) in [6, 6.07) is 11.5. The highest BCUT2D eigenvalue weighted by molar-refractivity contribution is 9.10. The summed E-state index contributed by atoms with van der Waals surface area (Å²) in [5.74, 6) is 1.08. The number of aromatic amines is 1. The van der Waals surface area contributed by atoms with Gasteiger partial charge in [0.05, 0.1) is 6.42 Å². The van der Waals surface area contributed by atoms with Gasteiger partial charge in [-0.3, -0.25) is 4.79 Å². The average Bonchev–Trinajstić information content (AvgIpc) is 3.19. The zero-order chi connectivity index (χ0) is 16.5. The van der Waals surface area contributed by atoms with E-state index in [1.807, 2.05) is 42.6 Å². The number of carbonyl (C=O) groups excluding carboxylic acids is 1. The maximum absolute atomic E-state index is 12.2. The van der Waals surface area contributed by atoms with Crippen molar-refractivity contribution in [2.75, 3.05) is 6.79 Å². The van der Waals surface area contributed by atoms with E-state index < -0.39 is 0 Å². The number of benzene rings is 2. The maximum Gasteiger partial charge on any atom is 0.310 e. The van der Waals surface area contributed by atoms with E-state index in [4.69, 9.17) is 14.2 Å². The van der Waals surface area contributed by atoms with Gasteiger partial charge in [0.25, 0.3) is 0 Å². The van der Waals surface area contributed by atoms with E-state index in [9.17, 15) is 4.79 Å². The Morgan fingerprint density at radius 3 is 2.83 bits per heavy atom. The van der Waals surface area contributed by atoms with Crippen molar-refractivity contribution in [3.05, 3.63) is 58.2 Å². The topological polar surface area (TPSA) is 60.6 Å². The minimum absolute atomic E-state index is 0.179. The molecule has 0 amide bonds. The molecular weight excluding hydrogens is 374 g/mol. The van der Waals surface area contributed by atoms with Gasteiger partial charge in [0.2, 0.25) is 6.79 Å². The Kier molecular flexibility index (Phi) is 3.90. The van der Waals surface area contributed by atoms with Crippen LogP contribution in [0.1, 0.15) is 11.1 Å². The summed E-state index contributed by atoms with van der Waals surface area (Å²) in [5, 5.41) is 1.04. The van der Waals surface area contributed by atoms with Gasteiger partial charge >= 0.3 is 5.97 Å². The smallest absolute Gasteiger partial charge is 0.310 e. The van der Waals surface area contributed by atoms with Crippen LogP contribution in [-0.4, -0.2) is 17.7 Å². The van der Waals surface area contributed by atoms with E-state index in [0.717, 1.165) is 26.5 Å². The third-order valence-corrected chi connectivity index (χ3v) is 4.68. The van der Waals surface area contributed by atoms with Crippen LogP contribution in [-0.2, 0) is 22.6 Å². The lowest BCUT2D eigenvalue weighted by Gasteiger charge is -2.08. The van der Waals surface area contributed by atoms with Gasteiger partial charge in [0, 0.05) is 27.1 Å². The lowest BCUT2D eigenvalue weighted by Crippen LogP contribution is -2.08. The van der Waals surface area contributed by atoms with Crippen LogP contribution in [0.5, 0.6) is 11.5 Å². The van der Waals surface area contributed by atoms with Crippen molar-refractivity contribution in [3.63, 3.8) is 0 Å². The van der Waals surface area contributed by atoms with Gasteiger partial charge in [0.1, 0.15) is 6.61 Å². The molecule has 1 N–H and O–H groups in total. The summed E-state index contributed by atoms with van der Waals surface area (Å²) in [6.07, 6.45) is 2.08. The van der Waals surface area contributed by atoms with Crippen molar-refractivity contribution < 1.29 is 19.0 Å². The maximum atomic E-state index is 12.2. The van der Waals surface area contributed by atoms with Crippen LogP contribution in [0, 0.1) is 0 Å². The number of aromatic nitrogens is 1. The molecule has 6 heteroatoms. The monoisotopic (exact) mass is 387 g/mol. The first-order chi connectivity index (χ1) is 11.7. The minimum atomic E-state index is -0.274. The second-order valence-corrected chi connectivity index (χ2v) is 6.35. The molecule has 0 saturated heterocycles. The molecule has 1 aliphatic heterocycles. The van der Waals surface area contributed by atoms with Gasteiger partial charge in [-0.15, -0.1) is 0 Å². The Balaban J connectivity index is 1.44. The van der Waals surface area contributed by atoms with Crippen LogP contribution >= 0.6 is 15.9 Å². The van der Waals surface area contributed by atoms with Crippen molar-refractivity contribution in [2.45, 2.75) is 13.0 Å². The zero-order valence-corrected chi connectivity index (χ0v) is 14.3. The summed E-state index contributed by atoms with van der Waals surface area (Å²) >= 11 is 3.46. The van der Waals surface area contributed by atoms with Crippen LogP contribution < -0.4 is 9.47 Å². The number of nitrogens with one attached hydrogen (secondary N) is 1. The van der Waals surface area contributed by atoms with E-state index in [1.54, 1.807) is 0 Å². The van der Waals surface area contributed by atoms with Gasteiger partial charge in [-0.1, -0.05) is 34.1 Å². The summed E-state index contributed by atoms with van der Waals surface area (Å²) in [4.78, 5) is 15.3. The fourth-order valence-electron chi connectivity index (χ4n) is 2.71. The van der Waals surface area contributed by atoms with Crippen LogP contribution in [0.3, 0.4) is 0 Å². The summed E-state index contributed by atoms with van der Waals surface area (Å²) in [6.45, 7) is 0.393. The fraction of sp³-hybridized carbons (Fsp3) is 0.167. The van der Waals surface area contributed by atoms with Crippen molar-refractivity contribution in [1.29, 1.82) is 0 Å². The number of halogens is 1. The molecule has 0 radical (unpaired) electrons. The van der Waals surface area contributed by atoms with Gasteiger partial charge in [-0.2, -0.15) is 0 Å². The fourth-order valence-corrected chi connectivity index (χ4v) is 3.15. The molecule has 2 aromatic carbocycles. The molecular formula is C18H14BrNO4. The molecule has 0 fully saturated rings. The Morgan fingerprint density at radius 1 is 1.17 bits per heavy atom. The number of ether oxygens (including phenoxy) is 3. The Labute approximate surface area is 146 Å². The minimum Gasteiger partial charge on any atom is -0.461 e. The first-order valence-corrected chi connectivity index (χ1v) is 8.28. The molecule has 0 spiro atoms. The van der Waals surface area contributed by atoms with Crippen molar-refractivity contribution in [1.82, 2.24) is 4.98 Å². The molecule has 4 rings (SSSR count). The second kappa shape index (κ2) is 6.20. The Bertz CT molecular complexity index is 919. The van der Waals surface area contributed by atoms with Crippen molar-refractivity contribution in [3.8, 4) is 11.5 Å². The Morgan fingerprint density at radius 2 is 1.96 bits per heavy atom. The van der Waals surface area contributed by atoms with Crippen molar-refractivity contribution in [2.24, 2.45) is 0 Å². The molecule has 0 bridgehead atoms. The van der Waals surface area contributed by atoms with Crippen LogP contribution in [0.25, 0.3) is 10.9 Å². The number of hydrogen-bond acceptors (Lipinski definition) is 4. The largest absolute Gasteiger partial charge is 0.461 e. The second-order valence-electron chi connectivity index (χ2n) is 5.49. The number of fused-ring (bicyclic) bond motifs is 2. The molecule has 0 atom stereocenters. The number of rotatable bonds is 4. The van der Waals surface area contributed by atoms with Crippen LogP contribution in [0.15, 0.2) is 47.1 Å². The molecule has 122 valence electrons. The van der Waals surface area contributed by atoms with Crippen LogP contribution in [0.4, 0.5) is 0 Å². The molecule has 1 aliphatic rings. The van der Waals surface area contributed by atoms with Gasteiger partial charge in [-0.25, -0.2) is 0 Å². The van der Waals surface area contributed by atoms with E-state index >= 15 is 0 Å². The summed E-state index contributed by atoms with van der Waals surface area (Å²) in [5.41, 5.74) is 2.78. The molecule has 5 nitrogen and oxygen atoms in total.